The van der Waals surface area contributed by atoms with Gasteiger partial charge in [0.15, 0.2) is 11.5 Å². The van der Waals surface area contributed by atoms with Crippen LogP contribution >= 0.6 is 15.9 Å². The van der Waals surface area contributed by atoms with Crippen LogP contribution < -0.4 is 9.64 Å². The lowest BCUT2D eigenvalue weighted by atomic mass is 9.99. The second kappa shape index (κ2) is 8.53. The van der Waals surface area contributed by atoms with Crippen molar-refractivity contribution in [3.05, 3.63) is 93.7 Å². The number of aliphatic hydroxyl groups excluding tert-OH is 1. The van der Waals surface area contributed by atoms with Gasteiger partial charge in [-0.1, -0.05) is 15.9 Å². The Balaban J connectivity index is 1.60. The van der Waals surface area contributed by atoms with Gasteiger partial charge in [-0.15, -0.1) is 0 Å². The quantitative estimate of drug-likeness (QED) is 0.300. The number of aliphatic hydroxyl groups is 1. The molecule has 1 amide bonds. The summed E-state index contributed by atoms with van der Waals surface area (Å²) in [5, 5.41) is 11.6. The van der Waals surface area contributed by atoms with Gasteiger partial charge in [0.2, 0.25) is 5.78 Å². The van der Waals surface area contributed by atoms with Gasteiger partial charge in [-0.2, -0.15) is 0 Å². The van der Waals surface area contributed by atoms with E-state index in [0.717, 1.165) is 9.86 Å². The number of furan rings is 2. The first-order chi connectivity index (χ1) is 16.4. The summed E-state index contributed by atoms with van der Waals surface area (Å²) in [6, 6.07) is 16.3. The molecule has 4 aromatic rings. The molecule has 8 heteroatoms. The third-order valence-corrected chi connectivity index (χ3v) is 6.10. The SMILES string of the molecule is CCOc1ccc(N2C(=O)C(O)=C(C(=O)c3cc4cc(Br)ccc4o3)C2c2ccc(C)o2)cc1. The number of carbonyl (C=O) groups excluding carboxylic acids is 2. The van der Waals surface area contributed by atoms with E-state index < -0.39 is 23.5 Å². The number of aryl methyl sites for hydroxylation is 1. The fourth-order valence-corrected chi connectivity index (χ4v) is 4.48. The van der Waals surface area contributed by atoms with Crippen molar-refractivity contribution in [2.24, 2.45) is 0 Å². The Labute approximate surface area is 203 Å². The van der Waals surface area contributed by atoms with Crippen molar-refractivity contribution in [2.75, 3.05) is 11.5 Å². The highest BCUT2D eigenvalue weighted by Gasteiger charge is 2.46. The van der Waals surface area contributed by atoms with Gasteiger partial charge >= 0.3 is 0 Å². The largest absolute Gasteiger partial charge is 0.503 e. The van der Waals surface area contributed by atoms with Crippen molar-refractivity contribution in [3.8, 4) is 5.75 Å². The number of halogens is 1. The van der Waals surface area contributed by atoms with Gasteiger partial charge in [0.1, 0.15) is 28.9 Å². The Morgan fingerprint density at radius 1 is 1.09 bits per heavy atom. The lowest BCUT2D eigenvalue weighted by Gasteiger charge is -2.25. The number of carbonyl (C=O) groups is 2. The normalized spacial score (nSPS) is 16.0. The molecular formula is C26H20BrNO6. The molecule has 1 atom stereocenters. The maximum absolute atomic E-state index is 13.6. The number of anilines is 1. The number of Topliss-reactive ketones (excluding diaryl/α,β-unsaturated/α-hetero) is 1. The number of hydrogen-bond donors (Lipinski definition) is 1. The van der Waals surface area contributed by atoms with Crippen LogP contribution in [-0.4, -0.2) is 23.4 Å². The first-order valence-corrected chi connectivity index (χ1v) is 11.5. The Morgan fingerprint density at radius 2 is 1.85 bits per heavy atom. The van der Waals surface area contributed by atoms with E-state index in [1.807, 2.05) is 13.0 Å². The van der Waals surface area contributed by atoms with Crippen LogP contribution in [0.1, 0.15) is 35.0 Å². The number of fused-ring (bicyclic) bond motifs is 1. The summed E-state index contributed by atoms with van der Waals surface area (Å²) in [4.78, 5) is 28.2. The Hall–Kier alpha value is -3.78. The van der Waals surface area contributed by atoms with Crippen molar-refractivity contribution in [1.29, 1.82) is 0 Å². The van der Waals surface area contributed by atoms with Gasteiger partial charge in [-0.3, -0.25) is 14.5 Å². The van der Waals surface area contributed by atoms with E-state index in [4.69, 9.17) is 13.6 Å². The Bertz CT molecular complexity index is 1450. The van der Waals surface area contributed by atoms with Gasteiger partial charge in [0, 0.05) is 15.5 Å². The van der Waals surface area contributed by atoms with Crippen molar-refractivity contribution in [3.63, 3.8) is 0 Å². The van der Waals surface area contributed by atoms with Crippen LogP contribution in [0.3, 0.4) is 0 Å². The highest BCUT2D eigenvalue weighted by molar-refractivity contribution is 9.10. The predicted molar refractivity (Wildman–Crippen MR) is 129 cm³/mol. The molecule has 0 aliphatic carbocycles. The van der Waals surface area contributed by atoms with Crippen LogP contribution in [0.25, 0.3) is 11.0 Å². The van der Waals surface area contributed by atoms with Crippen LogP contribution in [0.4, 0.5) is 5.69 Å². The molecule has 3 heterocycles. The van der Waals surface area contributed by atoms with Gasteiger partial charge in [0.05, 0.1) is 12.2 Å². The molecule has 0 saturated heterocycles. The van der Waals surface area contributed by atoms with Crippen LogP contribution in [0, 0.1) is 6.92 Å². The fraction of sp³-hybridized carbons (Fsp3) is 0.154. The third kappa shape index (κ3) is 3.70. The van der Waals surface area contributed by atoms with E-state index in [-0.39, 0.29) is 11.3 Å². The summed E-state index contributed by atoms with van der Waals surface area (Å²) in [7, 11) is 0. The molecule has 1 aliphatic rings. The molecule has 0 bridgehead atoms. The number of rotatable bonds is 6. The smallest absolute Gasteiger partial charge is 0.294 e. The zero-order valence-corrected chi connectivity index (χ0v) is 20.0. The lowest BCUT2D eigenvalue weighted by molar-refractivity contribution is -0.117. The zero-order chi connectivity index (χ0) is 24.0. The molecule has 0 spiro atoms. The minimum absolute atomic E-state index is 0.0178. The molecule has 34 heavy (non-hydrogen) atoms. The monoisotopic (exact) mass is 521 g/mol. The van der Waals surface area contributed by atoms with E-state index in [2.05, 4.69) is 15.9 Å². The minimum atomic E-state index is -0.966. The highest BCUT2D eigenvalue weighted by atomic mass is 79.9. The second-order valence-electron chi connectivity index (χ2n) is 7.84. The molecule has 5 rings (SSSR count). The third-order valence-electron chi connectivity index (χ3n) is 5.61. The number of nitrogens with zero attached hydrogens (tertiary/aromatic N) is 1. The average Bonchev–Trinajstić information content (AvgIpc) is 3.50. The van der Waals surface area contributed by atoms with Gasteiger partial charge in [0.25, 0.3) is 5.91 Å². The summed E-state index contributed by atoms with van der Waals surface area (Å²) >= 11 is 3.40. The first-order valence-electron chi connectivity index (χ1n) is 10.7. The fourth-order valence-electron chi connectivity index (χ4n) is 4.10. The maximum Gasteiger partial charge on any atom is 0.294 e. The molecule has 0 fully saturated rings. The summed E-state index contributed by atoms with van der Waals surface area (Å²) < 4.78 is 17.9. The second-order valence-corrected chi connectivity index (χ2v) is 8.75. The lowest BCUT2D eigenvalue weighted by Crippen LogP contribution is -2.30. The van der Waals surface area contributed by atoms with Crippen molar-refractivity contribution in [2.45, 2.75) is 19.9 Å². The molecule has 2 aromatic heterocycles. The predicted octanol–water partition coefficient (Wildman–Crippen LogP) is 6.28. The van der Waals surface area contributed by atoms with E-state index in [0.29, 0.717) is 35.1 Å². The molecule has 1 N–H and O–H groups in total. The summed E-state index contributed by atoms with van der Waals surface area (Å²) in [5.41, 5.74) is 0.895. The number of amides is 1. The molecule has 1 aliphatic heterocycles. The summed E-state index contributed by atoms with van der Waals surface area (Å²) in [5.74, 6) is -0.308. The number of ether oxygens (including phenoxy) is 1. The highest BCUT2D eigenvalue weighted by Crippen LogP contribution is 2.43. The average molecular weight is 522 g/mol. The van der Waals surface area contributed by atoms with Gasteiger partial charge in [-0.05, 0) is 74.5 Å². The number of benzene rings is 2. The molecule has 0 radical (unpaired) electrons. The van der Waals surface area contributed by atoms with E-state index >= 15 is 0 Å². The Morgan fingerprint density at radius 3 is 2.53 bits per heavy atom. The van der Waals surface area contributed by atoms with Crippen LogP contribution in [0.5, 0.6) is 5.75 Å². The zero-order valence-electron chi connectivity index (χ0n) is 18.4. The first kappa shape index (κ1) is 22.0. The van der Waals surface area contributed by atoms with Gasteiger partial charge < -0.3 is 18.7 Å². The van der Waals surface area contributed by atoms with E-state index in [1.54, 1.807) is 61.5 Å². The van der Waals surface area contributed by atoms with E-state index in [1.165, 1.54) is 4.90 Å². The minimum Gasteiger partial charge on any atom is -0.503 e. The van der Waals surface area contributed by atoms with Gasteiger partial charge in [-0.25, -0.2) is 0 Å². The van der Waals surface area contributed by atoms with Crippen LogP contribution in [0.2, 0.25) is 0 Å². The molecule has 1 unspecified atom stereocenters. The molecule has 172 valence electrons. The molecular weight excluding hydrogens is 502 g/mol. The molecule has 0 saturated carbocycles. The van der Waals surface area contributed by atoms with Crippen LogP contribution in [-0.2, 0) is 4.79 Å². The maximum atomic E-state index is 13.6. The summed E-state index contributed by atoms with van der Waals surface area (Å²) in [6.07, 6.45) is 0. The molecule has 7 nitrogen and oxygen atoms in total. The molecule has 2 aromatic carbocycles. The summed E-state index contributed by atoms with van der Waals surface area (Å²) in [6.45, 7) is 4.15. The van der Waals surface area contributed by atoms with Crippen molar-refractivity contribution >= 4 is 44.3 Å². The van der Waals surface area contributed by atoms with E-state index in [9.17, 15) is 14.7 Å². The van der Waals surface area contributed by atoms with Crippen molar-refractivity contribution < 1.29 is 28.3 Å². The standard InChI is InChI=1S/C26H20BrNO6/c1-3-32-18-8-6-17(7-9-18)28-23(20-10-4-14(2)33-20)22(25(30)26(28)31)24(29)21-13-15-12-16(27)5-11-19(15)34-21/h4-13,23,30H,3H2,1-2H3. The topological polar surface area (TPSA) is 93.1 Å². The van der Waals surface area contributed by atoms with Crippen molar-refractivity contribution in [1.82, 2.24) is 0 Å². The Kier molecular flexibility index (Phi) is 5.53. The van der Waals surface area contributed by atoms with Crippen LogP contribution in [0.15, 0.2) is 85.3 Å². The number of ketones is 1. The number of hydrogen-bond acceptors (Lipinski definition) is 6.